The molecular formula is C12H18N2O2. The van der Waals surface area contributed by atoms with Gasteiger partial charge in [0.15, 0.2) is 0 Å². The number of aliphatic carboxylic acids is 1. The van der Waals surface area contributed by atoms with E-state index >= 15 is 0 Å². The van der Waals surface area contributed by atoms with Crippen LogP contribution in [0.3, 0.4) is 0 Å². The van der Waals surface area contributed by atoms with Gasteiger partial charge in [0, 0.05) is 12.7 Å². The van der Waals surface area contributed by atoms with Crippen molar-refractivity contribution in [3.8, 4) is 0 Å². The van der Waals surface area contributed by atoms with Crippen LogP contribution in [0.25, 0.3) is 0 Å². The Hall–Kier alpha value is -1.42. The van der Waals surface area contributed by atoms with Crippen molar-refractivity contribution in [2.24, 2.45) is 5.92 Å². The lowest BCUT2D eigenvalue weighted by Gasteiger charge is -2.17. The van der Waals surface area contributed by atoms with E-state index in [1.807, 2.05) is 25.2 Å². The van der Waals surface area contributed by atoms with Gasteiger partial charge in [-0.1, -0.05) is 13.0 Å². The molecule has 1 rings (SSSR count). The minimum atomic E-state index is -0.730. The molecule has 0 amide bonds. The van der Waals surface area contributed by atoms with Crippen molar-refractivity contribution in [1.82, 2.24) is 9.88 Å². The molecule has 0 aliphatic carbocycles. The van der Waals surface area contributed by atoms with Gasteiger partial charge in [-0.05, 0) is 32.1 Å². The van der Waals surface area contributed by atoms with Gasteiger partial charge in [-0.25, -0.2) is 0 Å². The van der Waals surface area contributed by atoms with E-state index in [0.717, 1.165) is 18.8 Å². The molecule has 0 aliphatic rings. The molecule has 1 aromatic heterocycles. The van der Waals surface area contributed by atoms with Crippen LogP contribution in [0.5, 0.6) is 0 Å². The maximum atomic E-state index is 10.6. The lowest BCUT2D eigenvalue weighted by molar-refractivity contribution is -0.141. The average Bonchev–Trinajstić information content (AvgIpc) is 2.27. The summed E-state index contributed by atoms with van der Waals surface area (Å²) in [6.07, 6.45) is 2.43. The average molecular weight is 222 g/mol. The first kappa shape index (κ1) is 12.6. The SMILES string of the molecule is CC(CCN(C)Cc1ccccn1)C(=O)O. The van der Waals surface area contributed by atoms with Crippen LogP contribution in [-0.2, 0) is 11.3 Å². The van der Waals surface area contributed by atoms with Crippen molar-refractivity contribution < 1.29 is 9.90 Å². The van der Waals surface area contributed by atoms with Gasteiger partial charge in [-0.3, -0.25) is 9.78 Å². The molecule has 0 aliphatic heterocycles. The first-order valence-electron chi connectivity index (χ1n) is 5.41. The summed E-state index contributed by atoms with van der Waals surface area (Å²) in [7, 11) is 1.98. The summed E-state index contributed by atoms with van der Waals surface area (Å²) in [6, 6.07) is 5.81. The Morgan fingerprint density at radius 1 is 1.56 bits per heavy atom. The second kappa shape index (κ2) is 6.23. The molecule has 88 valence electrons. The van der Waals surface area contributed by atoms with Gasteiger partial charge in [-0.2, -0.15) is 0 Å². The molecule has 0 radical (unpaired) electrons. The fourth-order valence-corrected chi connectivity index (χ4v) is 1.38. The normalized spacial score (nSPS) is 12.7. The highest BCUT2D eigenvalue weighted by Gasteiger charge is 2.11. The molecule has 4 nitrogen and oxygen atoms in total. The van der Waals surface area contributed by atoms with Crippen LogP contribution < -0.4 is 0 Å². The van der Waals surface area contributed by atoms with E-state index in [1.54, 1.807) is 13.1 Å². The van der Waals surface area contributed by atoms with Crippen molar-refractivity contribution in [3.63, 3.8) is 0 Å². The molecule has 1 aromatic rings. The standard InChI is InChI=1S/C12H18N2O2/c1-10(12(15)16)6-8-14(2)9-11-5-3-4-7-13-11/h3-5,7,10H,6,8-9H2,1-2H3,(H,15,16). The van der Waals surface area contributed by atoms with Crippen LogP contribution in [0.1, 0.15) is 19.0 Å². The van der Waals surface area contributed by atoms with E-state index < -0.39 is 5.97 Å². The van der Waals surface area contributed by atoms with E-state index in [-0.39, 0.29) is 5.92 Å². The smallest absolute Gasteiger partial charge is 0.306 e. The van der Waals surface area contributed by atoms with Crippen molar-refractivity contribution in [2.45, 2.75) is 19.9 Å². The van der Waals surface area contributed by atoms with Gasteiger partial charge < -0.3 is 10.0 Å². The van der Waals surface area contributed by atoms with Crippen LogP contribution in [0, 0.1) is 5.92 Å². The second-order valence-electron chi connectivity index (χ2n) is 4.09. The van der Waals surface area contributed by atoms with E-state index in [4.69, 9.17) is 5.11 Å². The van der Waals surface area contributed by atoms with Crippen LogP contribution in [0.15, 0.2) is 24.4 Å². The maximum absolute atomic E-state index is 10.6. The van der Waals surface area contributed by atoms with Gasteiger partial charge in [0.25, 0.3) is 0 Å². The third-order valence-corrected chi connectivity index (χ3v) is 2.52. The first-order chi connectivity index (χ1) is 7.59. The topological polar surface area (TPSA) is 53.4 Å². The molecule has 16 heavy (non-hydrogen) atoms. The van der Waals surface area contributed by atoms with Gasteiger partial charge in [0.05, 0.1) is 11.6 Å². The van der Waals surface area contributed by atoms with E-state index in [9.17, 15) is 4.79 Å². The fourth-order valence-electron chi connectivity index (χ4n) is 1.38. The first-order valence-corrected chi connectivity index (χ1v) is 5.41. The van der Waals surface area contributed by atoms with Crippen molar-refractivity contribution in [1.29, 1.82) is 0 Å². The molecular weight excluding hydrogens is 204 g/mol. The minimum absolute atomic E-state index is 0.286. The Bertz CT molecular complexity index is 327. The maximum Gasteiger partial charge on any atom is 0.306 e. The van der Waals surface area contributed by atoms with Crippen molar-refractivity contribution >= 4 is 5.97 Å². The van der Waals surface area contributed by atoms with Crippen molar-refractivity contribution in [3.05, 3.63) is 30.1 Å². The predicted molar refractivity (Wildman–Crippen MR) is 62.0 cm³/mol. The molecule has 0 saturated heterocycles. The molecule has 1 atom stereocenters. The number of hydrogen-bond donors (Lipinski definition) is 1. The number of carboxylic acid groups (broad SMARTS) is 1. The number of pyridine rings is 1. The third-order valence-electron chi connectivity index (χ3n) is 2.52. The van der Waals surface area contributed by atoms with Crippen LogP contribution in [-0.4, -0.2) is 34.6 Å². The highest BCUT2D eigenvalue weighted by atomic mass is 16.4. The lowest BCUT2D eigenvalue weighted by Crippen LogP contribution is -2.23. The number of carboxylic acids is 1. The summed E-state index contributed by atoms with van der Waals surface area (Å²) in [5.41, 5.74) is 1.01. The molecule has 0 saturated carbocycles. The summed E-state index contributed by atoms with van der Waals surface area (Å²) < 4.78 is 0. The Kier molecular flexibility index (Phi) is 4.92. The molecule has 0 fully saturated rings. The zero-order valence-corrected chi connectivity index (χ0v) is 9.76. The third kappa shape index (κ3) is 4.40. The Morgan fingerprint density at radius 3 is 2.88 bits per heavy atom. The number of rotatable bonds is 6. The zero-order chi connectivity index (χ0) is 12.0. The summed E-state index contributed by atoms with van der Waals surface area (Å²) in [4.78, 5) is 16.9. The van der Waals surface area contributed by atoms with Crippen LogP contribution >= 0.6 is 0 Å². The monoisotopic (exact) mass is 222 g/mol. The lowest BCUT2D eigenvalue weighted by atomic mass is 10.1. The quantitative estimate of drug-likeness (QED) is 0.794. The molecule has 0 spiro atoms. The molecule has 1 N–H and O–H groups in total. The largest absolute Gasteiger partial charge is 0.481 e. The van der Waals surface area contributed by atoms with Crippen LogP contribution in [0.4, 0.5) is 0 Å². The van der Waals surface area contributed by atoms with Gasteiger partial charge in [0.1, 0.15) is 0 Å². The highest BCUT2D eigenvalue weighted by molar-refractivity contribution is 5.69. The minimum Gasteiger partial charge on any atom is -0.481 e. The summed E-state index contributed by atoms with van der Waals surface area (Å²) in [5, 5.41) is 8.75. The summed E-state index contributed by atoms with van der Waals surface area (Å²) in [5.74, 6) is -1.02. The molecule has 4 heteroatoms. The zero-order valence-electron chi connectivity index (χ0n) is 9.76. The van der Waals surface area contributed by atoms with E-state index in [0.29, 0.717) is 6.42 Å². The van der Waals surface area contributed by atoms with E-state index in [2.05, 4.69) is 9.88 Å². The number of hydrogen-bond acceptors (Lipinski definition) is 3. The molecule has 0 aromatic carbocycles. The van der Waals surface area contributed by atoms with Crippen LogP contribution in [0.2, 0.25) is 0 Å². The van der Waals surface area contributed by atoms with Gasteiger partial charge in [-0.15, -0.1) is 0 Å². The van der Waals surface area contributed by atoms with E-state index in [1.165, 1.54) is 0 Å². The summed E-state index contributed by atoms with van der Waals surface area (Å²) >= 11 is 0. The predicted octanol–water partition coefficient (Wildman–Crippen LogP) is 1.62. The Labute approximate surface area is 95.9 Å². The Balaban J connectivity index is 2.31. The Morgan fingerprint density at radius 2 is 2.31 bits per heavy atom. The van der Waals surface area contributed by atoms with Crippen molar-refractivity contribution in [2.75, 3.05) is 13.6 Å². The fraction of sp³-hybridized carbons (Fsp3) is 0.500. The number of carbonyl (C=O) groups is 1. The van der Waals surface area contributed by atoms with Gasteiger partial charge >= 0.3 is 5.97 Å². The molecule has 0 bridgehead atoms. The number of nitrogens with zero attached hydrogens (tertiary/aromatic N) is 2. The number of aromatic nitrogens is 1. The molecule has 1 unspecified atom stereocenters. The summed E-state index contributed by atoms with van der Waals surface area (Å²) in [6.45, 7) is 3.26. The second-order valence-corrected chi connectivity index (χ2v) is 4.09. The highest BCUT2D eigenvalue weighted by Crippen LogP contribution is 2.05. The van der Waals surface area contributed by atoms with Gasteiger partial charge in [0.2, 0.25) is 0 Å². The molecule has 1 heterocycles.